The van der Waals surface area contributed by atoms with E-state index in [0.717, 1.165) is 11.1 Å². The number of morpholine rings is 1. The van der Waals surface area contributed by atoms with Gasteiger partial charge in [-0.1, -0.05) is 48.0 Å². The van der Waals surface area contributed by atoms with Gasteiger partial charge in [-0.2, -0.15) is 4.31 Å². The molecule has 0 spiro atoms. The summed E-state index contributed by atoms with van der Waals surface area (Å²) in [5.41, 5.74) is 2.16. The van der Waals surface area contributed by atoms with E-state index in [2.05, 4.69) is 0 Å². The van der Waals surface area contributed by atoms with Gasteiger partial charge in [-0.15, -0.1) is 0 Å². The van der Waals surface area contributed by atoms with Gasteiger partial charge in [0, 0.05) is 6.54 Å². The van der Waals surface area contributed by atoms with Crippen LogP contribution in [0.3, 0.4) is 0 Å². The first-order chi connectivity index (χ1) is 11.5. The Morgan fingerprint density at radius 2 is 1.75 bits per heavy atom. The standard InChI is InChI=1S/C19H23NO3S/c1-15-8-10-19(11-9-15)24(21,22)20-13-16(2)23-14-18(20)12-17-6-4-3-5-7-17/h3-11,16,18H,12-14H2,1-2H3/t16-,18-/m0/s1. The van der Waals surface area contributed by atoms with Crippen molar-refractivity contribution in [2.45, 2.75) is 37.3 Å². The normalized spacial score (nSPS) is 22.4. The van der Waals surface area contributed by atoms with Crippen molar-refractivity contribution in [2.75, 3.05) is 13.2 Å². The van der Waals surface area contributed by atoms with Crippen molar-refractivity contribution in [3.63, 3.8) is 0 Å². The first-order valence-electron chi connectivity index (χ1n) is 8.21. The molecule has 2 aromatic carbocycles. The van der Waals surface area contributed by atoms with Gasteiger partial charge >= 0.3 is 0 Å². The van der Waals surface area contributed by atoms with Gasteiger partial charge in [-0.25, -0.2) is 8.42 Å². The van der Waals surface area contributed by atoms with E-state index in [9.17, 15) is 8.42 Å². The van der Waals surface area contributed by atoms with Crippen LogP contribution >= 0.6 is 0 Å². The van der Waals surface area contributed by atoms with Crippen LogP contribution in [0.25, 0.3) is 0 Å². The second-order valence-corrected chi connectivity index (χ2v) is 8.27. The molecule has 0 unspecified atom stereocenters. The molecule has 4 nitrogen and oxygen atoms in total. The zero-order valence-electron chi connectivity index (χ0n) is 14.1. The van der Waals surface area contributed by atoms with Crippen molar-refractivity contribution in [3.05, 3.63) is 65.7 Å². The average Bonchev–Trinajstić information content (AvgIpc) is 2.58. The van der Waals surface area contributed by atoms with Gasteiger partial charge in [-0.3, -0.25) is 0 Å². The number of nitrogens with zero attached hydrogens (tertiary/aromatic N) is 1. The molecule has 0 aromatic heterocycles. The van der Waals surface area contributed by atoms with E-state index in [1.807, 2.05) is 56.3 Å². The molecule has 1 heterocycles. The van der Waals surface area contributed by atoms with Crippen LogP contribution in [0.1, 0.15) is 18.1 Å². The Kier molecular flexibility index (Phi) is 5.04. The van der Waals surface area contributed by atoms with Gasteiger partial charge in [0.2, 0.25) is 10.0 Å². The van der Waals surface area contributed by atoms with Gasteiger partial charge < -0.3 is 4.74 Å². The average molecular weight is 345 g/mol. The summed E-state index contributed by atoms with van der Waals surface area (Å²) >= 11 is 0. The number of aryl methyl sites for hydroxylation is 1. The van der Waals surface area contributed by atoms with Crippen LogP contribution in [0.5, 0.6) is 0 Å². The third-order valence-corrected chi connectivity index (χ3v) is 6.29. The van der Waals surface area contributed by atoms with Crippen LogP contribution in [-0.2, 0) is 21.2 Å². The lowest BCUT2D eigenvalue weighted by Crippen LogP contribution is -2.52. The highest BCUT2D eigenvalue weighted by molar-refractivity contribution is 7.89. The molecule has 1 saturated heterocycles. The SMILES string of the molecule is Cc1ccc(S(=O)(=O)N2C[C@H](C)OC[C@@H]2Cc2ccccc2)cc1. The van der Waals surface area contributed by atoms with Crippen LogP contribution < -0.4 is 0 Å². The fourth-order valence-corrected chi connectivity index (χ4v) is 4.69. The van der Waals surface area contributed by atoms with Crippen LogP contribution in [0.15, 0.2) is 59.5 Å². The Morgan fingerprint density at radius 3 is 2.42 bits per heavy atom. The lowest BCUT2D eigenvalue weighted by molar-refractivity contribution is -0.0219. The van der Waals surface area contributed by atoms with E-state index in [-0.39, 0.29) is 12.1 Å². The van der Waals surface area contributed by atoms with E-state index in [1.54, 1.807) is 16.4 Å². The molecule has 2 aromatic rings. The van der Waals surface area contributed by atoms with Crippen LogP contribution in [0.2, 0.25) is 0 Å². The summed E-state index contributed by atoms with van der Waals surface area (Å²) in [6.07, 6.45) is 0.552. The minimum atomic E-state index is -3.53. The third-order valence-electron chi connectivity index (χ3n) is 4.36. The molecule has 128 valence electrons. The van der Waals surface area contributed by atoms with E-state index >= 15 is 0 Å². The van der Waals surface area contributed by atoms with Crippen molar-refractivity contribution in [2.24, 2.45) is 0 Å². The molecule has 24 heavy (non-hydrogen) atoms. The maximum Gasteiger partial charge on any atom is 0.243 e. The minimum Gasteiger partial charge on any atom is -0.375 e. The van der Waals surface area contributed by atoms with Crippen LogP contribution in [0.4, 0.5) is 0 Å². The molecule has 0 N–H and O–H groups in total. The predicted molar refractivity (Wildman–Crippen MR) is 94.4 cm³/mol. The fourth-order valence-electron chi connectivity index (χ4n) is 3.00. The predicted octanol–water partition coefficient (Wildman–Crippen LogP) is 3.02. The molecule has 0 bridgehead atoms. The summed E-state index contributed by atoms with van der Waals surface area (Å²) in [5, 5.41) is 0. The Hall–Kier alpha value is -1.69. The summed E-state index contributed by atoms with van der Waals surface area (Å²) in [5.74, 6) is 0. The van der Waals surface area contributed by atoms with Crippen molar-refractivity contribution in [1.29, 1.82) is 0 Å². The summed E-state index contributed by atoms with van der Waals surface area (Å²) in [6, 6.07) is 16.8. The molecule has 0 amide bonds. The van der Waals surface area contributed by atoms with Crippen molar-refractivity contribution in [3.8, 4) is 0 Å². The third kappa shape index (κ3) is 3.69. The first kappa shape index (κ1) is 17.1. The second-order valence-electron chi connectivity index (χ2n) is 6.38. The number of sulfonamides is 1. The molecule has 0 saturated carbocycles. The number of benzene rings is 2. The van der Waals surface area contributed by atoms with E-state index < -0.39 is 10.0 Å². The molecule has 2 atom stereocenters. The van der Waals surface area contributed by atoms with E-state index in [4.69, 9.17) is 4.74 Å². The Morgan fingerprint density at radius 1 is 1.08 bits per heavy atom. The number of hydrogen-bond acceptors (Lipinski definition) is 3. The van der Waals surface area contributed by atoms with Crippen molar-refractivity contribution >= 4 is 10.0 Å². The summed E-state index contributed by atoms with van der Waals surface area (Å²) < 4.78 is 33.6. The number of ether oxygens (including phenoxy) is 1. The summed E-state index contributed by atoms with van der Waals surface area (Å²) in [6.45, 7) is 4.66. The zero-order valence-corrected chi connectivity index (χ0v) is 14.9. The highest BCUT2D eigenvalue weighted by Crippen LogP contribution is 2.25. The van der Waals surface area contributed by atoms with Gasteiger partial charge in [0.05, 0.1) is 23.6 Å². The lowest BCUT2D eigenvalue weighted by Gasteiger charge is -2.37. The Bertz CT molecular complexity index is 772. The fraction of sp³-hybridized carbons (Fsp3) is 0.368. The van der Waals surface area contributed by atoms with Gasteiger partial charge in [0.15, 0.2) is 0 Å². The number of hydrogen-bond donors (Lipinski definition) is 0. The molecular weight excluding hydrogens is 322 g/mol. The summed E-state index contributed by atoms with van der Waals surface area (Å²) in [7, 11) is -3.53. The highest BCUT2D eigenvalue weighted by atomic mass is 32.2. The molecule has 5 heteroatoms. The Labute approximate surface area is 144 Å². The first-order valence-corrected chi connectivity index (χ1v) is 9.65. The monoisotopic (exact) mass is 345 g/mol. The van der Waals surface area contributed by atoms with E-state index in [1.165, 1.54) is 0 Å². The lowest BCUT2D eigenvalue weighted by atomic mass is 10.1. The molecule has 3 rings (SSSR count). The van der Waals surface area contributed by atoms with Crippen molar-refractivity contribution in [1.82, 2.24) is 4.31 Å². The van der Waals surface area contributed by atoms with Crippen LogP contribution in [0, 0.1) is 6.92 Å². The Balaban J connectivity index is 1.90. The largest absolute Gasteiger partial charge is 0.375 e. The maximum atomic E-state index is 13.1. The molecule has 1 fully saturated rings. The van der Waals surface area contributed by atoms with E-state index in [0.29, 0.717) is 24.5 Å². The minimum absolute atomic E-state index is 0.0998. The smallest absolute Gasteiger partial charge is 0.243 e. The molecule has 0 aliphatic carbocycles. The molecule has 0 radical (unpaired) electrons. The molecule has 1 aliphatic rings. The maximum absolute atomic E-state index is 13.1. The van der Waals surface area contributed by atoms with Gasteiger partial charge in [-0.05, 0) is 38.0 Å². The topological polar surface area (TPSA) is 46.6 Å². The molecular formula is C19H23NO3S. The highest BCUT2D eigenvalue weighted by Gasteiger charge is 2.36. The summed E-state index contributed by atoms with van der Waals surface area (Å²) in [4.78, 5) is 0.347. The second kappa shape index (κ2) is 7.05. The van der Waals surface area contributed by atoms with Crippen LogP contribution in [-0.4, -0.2) is 38.0 Å². The van der Waals surface area contributed by atoms with Gasteiger partial charge in [0.25, 0.3) is 0 Å². The quantitative estimate of drug-likeness (QED) is 0.856. The van der Waals surface area contributed by atoms with Crippen molar-refractivity contribution < 1.29 is 13.2 Å². The number of rotatable bonds is 4. The zero-order chi connectivity index (χ0) is 17.2. The molecule has 1 aliphatic heterocycles. The van der Waals surface area contributed by atoms with Gasteiger partial charge in [0.1, 0.15) is 0 Å².